The van der Waals surface area contributed by atoms with Crippen LogP contribution in [0, 0.1) is 5.82 Å². The largest absolute Gasteiger partial charge is 0.444 e. The van der Waals surface area contributed by atoms with E-state index in [1.807, 2.05) is 0 Å². The number of nitrogens with one attached hydrogen (secondary N) is 1. The zero-order valence-corrected chi connectivity index (χ0v) is 22.8. The van der Waals surface area contributed by atoms with Crippen molar-refractivity contribution in [3.8, 4) is 0 Å². The van der Waals surface area contributed by atoms with E-state index in [0.717, 1.165) is 4.90 Å². The van der Waals surface area contributed by atoms with Gasteiger partial charge in [-0.25, -0.2) is 18.0 Å². The average molecular weight is 563 g/mol. The van der Waals surface area contributed by atoms with E-state index in [-0.39, 0.29) is 56.6 Å². The van der Waals surface area contributed by atoms with Crippen molar-refractivity contribution in [3.05, 3.63) is 40.7 Å². The number of amides is 4. The maximum Gasteiger partial charge on any atom is 0.410 e. The molecule has 0 spiro atoms. The summed E-state index contributed by atoms with van der Waals surface area (Å²) in [6, 6.07) is 1.16. The highest BCUT2D eigenvalue weighted by molar-refractivity contribution is 6.05. The van der Waals surface area contributed by atoms with E-state index in [9.17, 15) is 19.2 Å². The number of halogens is 3. The Hall–Kier alpha value is -3.41. The highest BCUT2D eigenvalue weighted by atomic mass is 19.3. The lowest BCUT2D eigenvalue weighted by Gasteiger charge is -2.44. The van der Waals surface area contributed by atoms with Crippen molar-refractivity contribution in [1.29, 1.82) is 0 Å². The van der Waals surface area contributed by atoms with Crippen LogP contribution in [0.5, 0.6) is 0 Å². The number of nitrogens with zero attached hydrogens (tertiary/aromatic N) is 3. The van der Waals surface area contributed by atoms with E-state index in [0.29, 0.717) is 17.6 Å². The molecule has 0 bridgehead atoms. The fraction of sp³-hybridized carbons (Fsp3) is 0.571. The molecule has 4 aliphatic heterocycles. The average Bonchev–Trinajstić information content (AvgIpc) is 3.20. The first kappa shape index (κ1) is 28.1. The fourth-order valence-electron chi connectivity index (χ4n) is 5.93. The Morgan fingerprint density at radius 1 is 1.07 bits per heavy atom. The Labute approximate surface area is 230 Å². The number of imide groups is 1. The second-order valence-electron chi connectivity index (χ2n) is 11.8. The molecule has 40 heavy (non-hydrogen) atoms. The number of hydrogen-bond acceptors (Lipinski definition) is 6. The van der Waals surface area contributed by atoms with Crippen LogP contribution in [0.15, 0.2) is 18.2 Å². The van der Waals surface area contributed by atoms with Crippen LogP contribution in [0.2, 0.25) is 0 Å². The third-order valence-corrected chi connectivity index (χ3v) is 7.89. The summed E-state index contributed by atoms with van der Waals surface area (Å²) in [5.74, 6) is -5.13. The van der Waals surface area contributed by atoms with Gasteiger partial charge in [0.05, 0.1) is 19.1 Å². The Morgan fingerprint density at radius 3 is 2.42 bits per heavy atom. The van der Waals surface area contributed by atoms with Gasteiger partial charge < -0.3 is 14.5 Å². The second-order valence-corrected chi connectivity index (χ2v) is 11.8. The van der Waals surface area contributed by atoms with Gasteiger partial charge in [0.25, 0.3) is 11.8 Å². The normalized spacial score (nSPS) is 25.4. The van der Waals surface area contributed by atoms with Gasteiger partial charge in [-0.1, -0.05) is 12.1 Å². The van der Waals surface area contributed by atoms with E-state index in [4.69, 9.17) is 4.74 Å². The molecule has 12 heteroatoms. The lowest BCUT2D eigenvalue weighted by atomic mass is 9.92. The number of alkyl halides is 2. The van der Waals surface area contributed by atoms with Crippen molar-refractivity contribution in [1.82, 2.24) is 20.0 Å². The topological polar surface area (TPSA) is 99.3 Å². The summed E-state index contributed by atoms with van der Waals surface area (Å²) < 4.78 is 51.2. The van der Waals surface area contributed by atoms with Gasteiger partial charge in [0.1, 0.15) is 17.5 Å². The number of likely N-dealkylation sites (tertiary alicyclic amines) is 1. The van der Waals surface area contributed by atoms with Crippen LogP contribution in [0.1, 0.15) is 67.9 Å². The van der Waals surface area contributed by atoms with Gasteiger partial charge in [-0.3, -0.25) is 24.6 Å². The predicted molar refractivity (Wildman–Crippen MR) is 138 cm³/mol. The predicted octanol–water partition coefficient (Wildman–Crippen LogP) is 3.32. The number of fused-ring (bicyclic) bond motifs is 1. The van der Waals surface area contributed by atoms with Crippen LogP contribution in [0.3, 0.4) is 0 Å². The van der Waals surface area contributed by atoms with Crippen molar-refractivity contribution in [2.45, 2.75) is 76.6 Å². The highest BCUT2D eigenvalue weighted by Gasteiger charge is 2.49. The molecule has 4 aliphatic rings. The van der Waals surface area contributed by atoms with E-state index in [2.05, 4.69) is 5.32 Å². The van der Waals surface area contributed by atoms with E-state index in [1.54, 1.807) is 31.7 Å². The second kappa shape index (κ2) is 10.2. The Kier molecular flexibility index (Phi) is 7.18. The lowest BCUT2D eigenvalue weighted by molar-refractivity contribution is -0.136. The molecule has 1 N–H and O–H groups in total. The molecule has 4 amide bonds. The first-order valence-corrected chi connectivity index (χ1v) is 13.5. The summed E-state index contributed by atoms with van der Waals surface area (Å²) in [5.41, 5.74) is 0.568. The van der Waals surface area contributed by atoms with E-state index >= 15 is 13.2 Å². The van der Waals surface area contributed by atoms with Crippen LogP contribution in [0.25, 0.3) is 5.57 Å². The molecule has 2 fully saturated rings. The number of carbonyl (C=O) groups is 4. The molecule has 2 atom stereocenters. The molecule has 216 valence electrons. The smallest absolute Gasteiger partial charge is 0.410 e. The number of benzene rings is 1. The van der Waals surface area contributed by atoms with E-state index < -0.39 is 59.8 Å². The van der Waals surface area contributed by atoms with Gasteiger partial charge in [-0.05, 0) is 51.7 Å². The monoisotopic (exact) mass is 562 g/mol. The van der Waals surface area contributed by atoms with Gasteiger partial charge >= 0.3 is 6.09 Å². The van der Waals surface area contributed by atoms with Crippen LogP contribution < -0.4 is 5.32 Å². The molecule has 0 radical (unpaired) electrons. The molecule has 9 nitrogen and oxygen atoms in total. The first-order valence-electron chi connectivity index (χ1n) is 13.5. The number of carbonyl (C=O) groups excluding carboxylic acids is 4. The summed E-state index contributed by atoms with van der Waals surface area (Å²) in [5, 5.41) is 2.23. The minimum absolute atomic E-state index is 0.0814. The van der Waals surface area contributed by atoms with E-state index in [1.165, 1.54) is 17.0 Å². The molecule has 0 aliphatic carbocycles. The van der Waals surface area contributed by atoms with Crippen LogP contribution >= 0.6 is 0 Å². The van der Waals surface area contributed by atoms with Gasteiger partial charge in [-0.15, -0.1) is 0 Å². The first-order chi connectivity index (χ1) is 18.7. The molecular weight excluding hydrogens is 529 g/mol. The molecule has 5 rings (SSSR count). The molecule has 0 saturated carbocycles. The number of ether oxygens (including phenoxy) is 1. The minimum Gasteiger partial charge on any atom is -0.444 e. The summed E-state index contributed by atoms with van der Waals surface area (Å²) in [6.45, 7) is 4.88. The highest BCUT2D eigenvalue weighted by Crippen LogP contribution is 2.37. The minimum atomic E-state index is -3.14. The summed E-state index contributed by atoms with van der Waals surface area (Å²) in [6.07, 6.45) is 1.69. The maximum absolute atomic E-state index is 15.7. The van der Waals surface area contributed by atoms with Crippen molar-refractivity contribution in [2.24, 2.45) is 0 Å². The zero-order valence-electron chi connectivity index (χ0n) is 22.8. The van der Waals surface area contributed by atoms with Crippen molar-refractivity contribution < 1.29 is 37.1 Å². The van der Waals surface area contributed by atoms with Crippen molar-refractivity contribution >= 4 is 29.4 Å². The van der Waals surface area contributed by atoms with Gasteiger partial charge in [0, 0.05) is 42.7 Å². The number of rotatable bonds is 3. The van der Waals surface area contributed by atoms with Gasteiger partial charge in [0.2, 0.25) is 11.8 Å². The molecular formula is C28H33F3N4O5. The lowest BCUT2D eigenvalue weighted by Crippen LogP contribution is -2.60. The molecule has 1 aromatic carbocycles. The Morgan fingerprint density at radius 2 is 1.80 bits per heavy atom. The molecule has 4 heterocycles. The quantitative estimate of drug-likeness (QED) is 0.568. The Bertz CT molecular complexity index is 1290. The molecule has 2 saturated heterocycles. The van der Waals surface area contributed by atoms with Crippen molar-refractivity contribution in [3.63, 3.8) is 0 Å². The SMILES string of the molecule is CC(C)(C)OC(=O)N1CCC(N2CC=C(c3ccc4c(c3F)CN(C3CCC(=O)NC3=O)C4=O)CC2)C(F)(F)C1. The van der Waals surface area contributed by atoms with Crippen LogP contribution in [-0.4, -0.2) is 88.3 Å². The summed E-state index contributed by atoms with van der Waals surface area (Å²) in [7, 11) is 0. The van der Waals surface area contributed by atoms with Gasteiger partial charge in [-0.2, -0.15) is 0 Å². The van der Waals surface area contributed by atoms with Gasteiger partial charge in [0.15, 0.2) is 0 Å². The third-order valence-electron chi connectivity index (χ3n) is 7.89. The van der Waals surface area contributed by atoms with Crippen LogP contribution in [0.4, 0.5) is 18.0 Å². The molecule has 2 unspecified atom stereocenters. The Balaban J connectivity index is 1.26. The number of piperidine rings is 2. The number of hydrogen-bond donors (Lipinski definition) is 1. The maximum atomic E-state index is 15.7. The standard InChI is InChI=1S/C28H33F3N4O5/c1-27(2,3)40-26(39)34-13-10-21(28(30,31)15-34)33-11-8-16(9-12-33)17-4-5-18-19(23(17)29)14-35(25(18)38)20-6-7-22(36)32-24(20)37/h4-5,8,20-21H,6-7,9-15H2,1-3H3,(H,32,36,37). The van der Waals surface area contributed by atoms with Crippen LogP contribution in [-0.2, 0) is 20.9 Å². The summed E-state index contributed by atoms with van der Waals surface area (Å²) >= 11 is 0. The fourth-order valence-corrected chi connectivity index (χ4v) is 5.93. The summed E-state index contributed by atoms with van der Waals surface area (Å²) in [4.78, 5) is 53.0. The molecule has 0 aromatic heterocycles. The molecule has 1 aromatic rings. The third kappa shape index (κ3) is 5.33. The van der Waals surface area contributed by atoms with Crippen molar-refractivity contribution in [2.75, 3.05) is 26.2 Å². The zero-order chi connectivity index (χ0) is 29.0.